The molecule has 0 atom stereocenters. The van der Waals surface area contributed by atoms with Crippen molar-refractivity contribution in [1.29, 1.82) is 10.8 Å². The minimum absolute atomic E-state index is 0.178. The van der Waals surface area contributed by atoms with E-state index in [9.17, 15) is 20.2 Å². The van der Waals surface area contributed by atoms with Gasteiger partial charge in [-0.15, -0.1) is 0 Å². The molecule has 0 unspecified atom stereocenters. The summed E-state index contributed by atoms with van der Waals surface area (Å²) in [7, 11) is 0. The second-order valence-corrected chi connectivity index (χ2v) is 3.75. The van der Waals surface area contributed by atoms with Crippen LogP contribution in [0.1, 0.15) is 25.7 Å². The molecule has 2 N–H and O–H groups in total. The van der Waals surface area contributed by atoms with E-state index < -0.39 is 26.7 Å². The van der Waals surface area contributed by atoms with Crippen LogP contribution in [0, 0.1) is 36.5 Å². The lowest BCUT2D eigenvalue weighted by Crippen LogP contribution is -2.31. The smallest absolute Gasteiger partial charge is 0.258 e. The van der Waals surface area contributed by atoms with E-state index in [0.29, 0.717) is 12.8 Å². The van der Waals surface area contributed by atoms with Crippen molar-refractivity contribution in [3.8, 4) is 0 Å². The first-order valence-corrected chi connectivity index (χ1v) is 4.88. The van der Waals surface area contributed by atoms with E-state index in [-0.39, 0.29) is 12.8 Å². The molecule has 8 heteroatoms. The van der Waals surface area contributed by atoms with Gasteiger partial charge in [-0.2, -0.15) is 0 Å². The third kappa shape index (κ3) is 1.99. The fraction of sp³-hybridized carbons (Fsp3) is 0.556. The molecule has 0 bridgehead atoms. The summed E-state index contributed by atoms with van der Waals surface area (Å²) < 4.78 is 0. The summed E-state index contributed by atoms with van der Waals surface area (Å²) in [5.41, 5.74) is -2.79. The van der Waals surface area contributed by atoms with Crippen LogP contribution in [0.3, 0.4) is 0 Å². The largest absolute Gasteiger partial charge is 0.323 e. The molecule has 0 aromatic rings. The molecule has 0 radical (unpaired) electrons. The van der Waals surface area contributed by atoms with E-state index >= 15 is 0 Å². The van der Waals surface area contributed by atoms with E-state index in [4.69, 9.17) is 10.8 Å². The van der Waals surface area contributed by atoms with Gasteiger partial charge in [0.05, 0.1) is 21.6 Å². The summed E-state index contributed by atoms with van der Waals surface area (Å²) in [6.45, 7) is 0. The highest BCUT2D eigenvalue weighted by atomic mass is 16.6. The van der Waals surface area contributed by atoms with Crippen LogP contribution in [0.4, 0.5) is 0 Å². The van der Waals surface area contributed by atoms with Crippen molar-refractivity contribution >= 4 is 11.7 Å². The highest BCUT2D eigenvalue weighted by Gasteiger charge is 2.55. The Morgan fingerprint density at radius 3 is 1.59 bits per heavy atom. The predicted molar refractivity (Wildman–Crippen MR) is 57.4 cm³/mol. The second-order valence-electron chi connectivity index (χ2n) is 3.75. The molecule has 0 aliphatic heterocycles. The molecule has 1 saturated carbocycles. The van der Waals surface area contributed by atoms with Crippen LogP contribution < -0.4 is 0 Å². The molecule has 90 valence electrons. The molecular weight excluding hydrogens is 228 g/mol. The summed E-state index contributed by atoms with van der Waals surface area (Å²) in [5.74, 6) is 3.35. The average molecular weight is 238 g/mol. The maximum atomic E-state index is 10.8. The van der Waals surface area contributed by atoms with E-state index in [1.54, 1.807) is 11.7 Å². The number of nitrogens with zero attached hydrogens (tertiary/aromatic N) is 2. The minimum atomic E-state index is -1.49. The SMILES string of the molecule is N=C=C([N+](=O)[O-])C1(C(=C=N)[N+](=O)[O-])CCCC1. The van der Waals surface area contributed by atoms with Crippen molar-refractivity contribution in [2.24, 2.45) is 5.41 Å². The first kappa shape index (κ1) is 12.8. The van der Waals surface area contributed by atoms with E-state index in [1.165, 1.54) is 0 Å². The lowest BCUT2D eigenvalue weighted by molar-refractivity contribution is -0.468. The topological polar surface area (TPSA) is 134 Å². The molecule has 0 heterocycles. The molecule has 0 saturated heterocycles. The number of nitrogens with one attached hydrogen (secondary N) is 2. The van der Waals surface area contributed by atoms with Crippen molar-refractivity contribution in [2.45, 2.75) is 25.7 Å². The number of nitro groups is 2. The average Bonchev–Trinajstić information content (AvgIpc) is 2.68. The third-order valence-electron chi connectivity index (χ3n) is 2.97. The van der Waals surface area contributed by atoms with Crippen molar-refractivity contribution in [3.63, 3.8) is 0 Å². The molecular formula is C9H10N4O4. The zero-order valence-electron chi connectivity index (χ0n) is 8.86. The maximum absolute atomic E-state index is 10.8. The van der Waals surface area contributed by atoms with E-state index in [0.717, 1.165) is 0 Å². The predicted octanol–water partition coefficient (Wildman–Crippen LogP) is 1.36. The minimum Gasteiger partial charge on any atom is -0.258 e. The van der Waals surface area contributed by atoms with E-state index in [2.05, 4.69) is 0 Å². The Morgan fingerprint density at radius 1 is 1.00 bits per heavy atom. The molecule has 0 aromatic carbocycles. The number of hydrogen-bond donors (Lipinski definition) is 2. The molecule has 1 aliphatic carbocycles. The zero-order valence-corrected chi connectivity index (χ0v) is 8.86. The first-order valence-electron chi connectivity index (χ1n) is 4.88. The van der Waals surface area contributed by atoms with Crippen LogP contribution in [0.15, 0.2) is 11.4 Å². The number of rotatable bonds is 4. The first-order chi connectivity index (χ1) is 7.99. The van der Waals surface area contributed by atoms with Crippen molar-refractivity contribution < 1.29 is 9.85 Å². The number of hydrogen-bond acceptors (Lipinski definition) is 6. The van der Waals surface area contributed by atoms with Crippen LogP contribution in [0.2, 0.25) is 0 Å². The van der Waals surface area contributed by atoms with Gasteiger partial charge in [0.2, 0.25) is 0 Å². The van der Waals surface area contributed by atoms with Crippen LogP contribution in [-0.2, 0) is 0 Å². The molecule has 1 fully saturated rings. The monoisotopic (exact) mass is 238 g/mol. The Hall–Kier alpha value is -2.30. The Labute approximate surface area is 96.0 Å². The van der Waals surface area contributed by atoms with Crippen molar-refractivity contribution in [1.82, 2.24) is 0 Å². The van der Waals surface area contributed by atoms with Gasteiger partial charge in [-0.25, -0.2) is 0 Å². The van der Waals surface area contributed by atoms with Crippen molar-refractivity contribution in [3.05, 3.63) is 31.6 Å². The Kier molecular flexibility index (Phi) is 3.52. The van der Waals surface area contributed by atoms with Gasteiger partial charge >= 0.3 is 11.4 Å². The molecule has 1 rings (SSSR count). The fourth-order valence-electron chi connectivity index (χ4n) is 2.24. The lowest BCUT2D eigenvalue weighted by atomic mass is 9.80. The normalized spacial score (nSPS) is 16.7. The summed E-state index contributed by atoms with van der Waals surface area (Å²) in [5, 5.41) is 35.5. The van der Waals surface area contributed by atoms with Gasteiger partial charge in [0, 0.05) is 0 Å². The van der Waals surface area contributed by atoms with E-state index in [1.807, 2.05) is 0 Å². The Balaban J connectivity index is 3.43. The lowest BCUT2D eigenvalue weighted by Gasteiger charge is -2.18. The van der Waals surface area contributed by atoms with Crippen LogP contribution >= 0.6 is 0 Å². The van der Waals surface area contributed by atoms with Gasteiger partial charge in [-0.1, -0.05) is 12.8 Å². The molecule has 8 nitrogen and oxygen atoms in total. The van der Waals surface area contributed by atoms with Gasteiger partial charge in [0.1, 0.15) is 0 Å². The highest BCUT2D eigenvalue weighted by Crippen LogP contribution is 2.48. The Morgan fingerprint density at radius 2 is 1.35 bits per heavy atom. The quantitative estimate of drug-likeness (QED) is 0.434. The highest BCUT2D eigenvalue weighted by molar-refractivity contribution is 5.62. The summed E-state index contributed by atoms with van der Waals surface area (Å²) >= 11 is 0. The van der Waals surface area contributed by atoms with Gasteiger partial charge in [-0.3, -0.25) is 31.0 Å². The fourth-order valence-corrected chi connectivity index (χ4v) is 2.24. The molecule has 17 heavy (non-hydrogen) atoms. The van der Waals surface area contributed by atoms with Crippen LogP contribution in [-0.4, -0.2) is 21.6 Å². The Bertz CT molecular complexity index is 427. The van der Waals surface area contributed by atoms with Gasteiger partial charge in [-0.05, 0) is 12.8 Å². The second kappa shape index (κ2) is 4.69. The summed E-state index contributed by atoms with van der Waals surface area (Å²) in [6.07, 6.45) is 1.52. The maximum Gasteiger partial charge on any atom is 0.323 e. The zero-order chi connectivity index (χ0) is 13.1. The van der Waals surface area contributed by atoms with Crippen molar-refractivity contribution in [2.75, 3.05) is 0 Å². The molecule has 0 amide bonds. The molecule has 0 spiro atoms. The summed E-state index contributed by atoms with van der Waals surface area (Å²) in [6, 6.07) is 0. The van der Waals surface area contributed by atoms with Crippen LogP contribution in [0.5, 0.6) is 0 Å². The van der Waals surface area contributed by atoms with Gasteiger partial charge < -0.3 is 0 Å². The van der Waals surface area contributed by atoms with Gasteiger partial charge in [0.15, 0.2) is 5.41 Å². The summed E-state index contributed by atoms with van der Waals surface area (Å²) in [4.78, 5) is 20.0. The molecule has 0 aromatic heterocycles. The molecule has 1 aliphatic rings. The van der Waals surface area contributed by atoms with Gasteiger partial charge in [0.25, 0.3) is 0 Å². The van der Waals surface area contributed by atoms with Crippen LogP contribution in [0.25, 0.3) is 0 Å². The standard InChI is InChI=1S/C9H10N4O4/c10-5-7(12(14)15)9(3-1-2-4-9)8(6-11)13(16)17/h10-11H,1-4H2. The third-order valence-corrected chi connectivity index (χ3v) is 2.97.